The van der Waals surface area contributed by atoms with Gasteiger partial charge in [0, 0.05) is 32.3 Å². The van der Waals surface area contributed by atoms with Crippen LogP contribution in [-0.4, -0.2) is 50.3 Å². The number of methoxy groups -OCH3 is 1. The summed E-state index contributed by atoms with van der Waals surface area (Å²) in [6, 6.07) is 1.05. The Labute approximate surface area is 114 Å². The highest BCUT2D eigenvalue weighted by atomic mass is 16.5. The van der Waals surface area contributed by atoms with Crippen molar-refractivity contribution < 1.29 is 4.74 Å². The molecule has 2 atom stereocenters. The molecule has 1 N–H and O–H groups in total. The first-order chi connectivity index (χ1) is 8.38. The van der Waals surface area contributed by atoms with E-state index in [1.54, 1.807) is 7.11 Å². The maximum atomic E-state index is 5.28. The number of hydrogen-bond donors (Lipinski definition) is 1. The summed E-state index contributed by atoms with van der Waals surface area (Å²) in [6.07, 6.45) is 1.20. The van der Waals surface area contributed by atoms with E-state index in [-0.39, 0.29) is 0 Å². The molecule has 0 fully saturated rings. The number of likely N-dealkylation sites (N-methyl/N-ethyl adjacent to an activating group) is 1. The minimum absolute atomic E-state index is 0.336. The normalized spacial score (nSPS) is 17.2. The molecule has 0 radical (unpaired) electrons. The highest BCUT2D eigenvalue weighted by Gasteiger charge is 2.26. The predicted molar refractivity (Wildman–Crippen MR) is 80.1 cm³/mol. The van der Waals surface area contributed by atoms with Crippen LogP contribution < -0.4 is 5.32 Å². The summed E-state index contributed by atoms with van der Waals surface area (Å²) in [5.74, 6) is 0. The third kappa shape index (κ3) is 6.72. The van der Waals surface area contributed by atoms with E-state index in [1.165, 1.54) is 6.42 Å². The quantitative estimate of drug-likeness (QED) is 0.652. The van der Waals surface area contributed by atoms with Crippen LogP contribution in [0.4, 0.5) is 0 Å². The molecule has 0 heterocycles. The average Bonchev–Trinajstić information content (AvgIpc) is 2.34. The van der Waals surface area contributed by atoms with Gasteiger partial charge in [0.05, 0.1) is 6.61 Å². The summed E-state index contributed by atoms with van der Waals surface area (Å²) in [4.78, 5) is 2.52. The highest BCUT2D eigenvalue weighted by Crippen LogP contribution is 2.23. The smallest absolute Gasteiger partial charge is 0.0615 e. The fraction of sp³-hybridized carbons (Fsp3) is 1.00. The van der Waals surface area contributed by atoms with Crippen molar-refractivity contribution in [2.24, 2.45) is 5.41 Å². The molecule has 0 saturated heterocycles. The largest absolute Gasteiger partial charge is 0.383 e. The Bertz CT molecular complexity index is 209. The van der Waals surface area contributed by atoms with E-state index in [0.717, 1.165) is 26.2 Å². The Morgan fingerprint density at radius 1 is 1.22 bits per heavy atom. The zero-order chi connectivity index (χ0) is 14.2. The third-order valence-electron chi connectivity index (χ3n) is 3.81. The monoisotopic (exact) mass is 258 g/mol. The molecule has 2 unspecified atom stereocenters. The minimum atomic E-state index is 0.336. The van der Waals surface area contributed by atoms with Crippen molar-refractivity contribution in [3.63, 3.8) is 0 Å². The van der Waals surface area contributed by atoms with Gasteiger partial charge >= 0.3 is 0 Å². The molecule has 3 nitrogen and oxygen atoms in total. The van der Waals surface area contributed by atoms with Crippen LogP contribution in [0.2, 0.25) is 0 Å². The predicted octanol–water partition coefficient (Wildman–Crippen LogP) is 2.76. The van der Waals surface area contributed by atoms with Crippen LogP contribution in [0.3, 0.4) is 0 Å². The lowest BCUT2D eigenvalue weighted by atomic mass is 9.86. The van der Waals surface area contributed by atoms with E-state index in [1.807, 2.05) is 0 Å². The molecule has 0 aromatic heterocycles. The van der Waals surface area contributed by atoms with Crippen LogP contribution in [0.5, 0.6) is 0 Å². The molecular formula is C15H34N2O. The summed E-state index contributed by atoms with van der Waals surface area (Å²) in [5.41, 5.74) is 0.336. The molecular weight excluding hydrogens is 224 g/mol. The van der Waals surface area contributed by atoms with E-state index >= 15 is 0 Å². The van der Waals surface area contributed by atoms with Crippen molar-refractivity contribution in [1.82, 2.24) is 10.2 Å². The first kappa shape index (κ1) is 17.9. The standard InChI is InChI=1S/C15H34N2O/c1-8-15(6,11-16-13(3)4)12-17(9-2)14(5)10-18-7/h13-14,16H,8-12H2,1-7H3. The number of hydrogen-bond acceptors (Lipinski definition) is 3. The summed E-state index contributed by atoms with van der Waals surface area (Å²) in [5, 5.41) is 3.58. The van der Waals surface area contributed by atoms with Crippen molar-refractivity contribution in [1.29, 1.82) is 0 Å². The van der Waals surface area contributed by atoms with Gasteiger partial charge in [0.15, 0.2) is 0 Å². The molecule has 18 heavy (non-hydrogen) atoms. The summed E-state index contributed by atoms with van der Waals surface area (Å²) < 4.78 is 5.28. The van der Waals surface area contributed by atoms with Crippen LogP contribution in [0.25, 0.3) is 0 Å². The molecule has 0 amide bonds. The molecule has 0 spiro atoms. The van der Waals surface area contributed by atoms with E-state index in [9.17, 15) is 0 Å². The van der Waals surface area contributed by atoms with Gasteiger partial charge in [-0.15, -0.1) is 0 Å². The Balaban J connectivity index is 4.45. The molecule has 0 aliphatic heterocycles. The van der Waals surface area contributed by atoms with Gasteiger partial charge in [-0.25, -0.2) is 0 Å². The molecule has 0 bridgehead atoms. The second-order valence-corrected chi connectivity index (χ2v) is 6.07. The van der Waals surface area contributed by atoms with Crippen LogP contribution in [-0.2, 0) is 4.74 Å². The minimum Gasteiger partial charge on any atom is -0.383 e. The Kier molecular flexibility index (Phi) is 8.83. The van der Waals surface area contributed by atoms with Gasteiger partial charge < -0.3 is 10.1 Å². The molecule has 0 aliphatic rings. The van der Waals surface area contributed by atoms with Crippen LogP contribution in [0.15, 0.2) is 0 Å². The summed E-state index contributed by atoms with van der Waals surface area (Å²) >= 11 is 0. The maximum absolute atomic E-state index is 5.28. The molecule has 110 valence electrons. The van der Waals surface area contributed by atoms with Crippen molar-refractivity contribution in [2.75, 3.05) is 33.4 Å². The highest BCUT2D eigenvalue weighted by molar-refractivity contribution is 4.82. The Morgan fingerprint density at radius 3 is 2.22 bits per heavy atom. The maximum Gasteiger partial charge on any atom is 0.0615 e. The summed E-state index contributed by atoms with van der Waals surface area (Å²) in [7, 11) is 1.78. The molecule has 0 aromatic carbocycles. The fourth-order valence-corrected chi connectivity index (χ4v) is 2.16. The van der Waals surface area contributed by atoms with Crippen LogP contribution >= 0.6 is 0 Å². The number of ether oxygens (including phenoxy) is 1. The molecule has 0 aromatic rings. The van der Waals surface area contributed by atoms with E-state index in [2.05, 4.69) is 51.8 Å². The van der Waals surface area contributed by atoms with Gasteiger partial charge in [0.1, 0.15) is 0 Å². The molecule has 0 aliphatic carbocycles. The first-order valence-electron chi connectivity index (χ1n) is 7.34. The van der Waals surface area contributed by atoms with Gasteiger partial charge in [0.2, 0.25) is 0 Å². The topological polar surface area (TPSA) is 24.5 Å². The number of rotatable bonds is 10. The second-order valence-electron chi connectivity index (χ2n) is 6.07. The first-order valence-corrected chi connectivity index (χ1v) is 7.34. The second kappa shape index (κ2) is 8.89. The zero-order valence-electron chi connectivity index (χ0n) is 13.5. The zero-order valence-corrected chi connectivity index (χ0v) is 13.5. The van der Waals surface area contributed by atoms with E-state index in [0.29, 0.717) is 17.5 Å². The van der Waals surface area contributed by atoms with Crippen molar-refractivity contribution in [3.8, 4) is 0 Å². The van der Waals surface area contributed by atoms with Gasteiger partial charge in [-0.3, -0.25) is 4.90 Å². The lowest BCUT2D eigenvalue weighted by Gasteiger charge is -2.38. The lowest BCUT2D eigenvalue weighted by Crippen LogP contribution is -2.47. The average molecular weight is 258 g/mol. The SMILES string of the molecule is CCN(CC(C)(CC)CNC(C)C)C(C)COC. The van der Waals surface area contributed by atoms with Gasteiger partial charge in [-0.05, 0) is 25.3 Å². The molecule has 3 heteroatoms. The third-order valence-corrected chi connectivity index (χ3v) is 3.81. The fourth-order valence-electron chi connectivity index (χ4n) is 2.16. The van der Waals surface area contributed by atoms with Gasteiger partial charge in [-0.1, -0.05) is 34.6 Å². The molecule has 0 saturated carbocycles. The van der Waals surface area contributed by atoms with Crippen molar-refractivity contribution in [2.45, 2.75) is 60.0 Å². The lowest BCUT2D eigenvalue weighted by molar-refractivity contribution is 0.0685. The molecule has 0 rings (SSSR count). The Morgan fingerprint density at radius 2 is 1.83 bits per heavy atom. The van der Waals surface area contributed by atoms with Gasteiger partial charge in [-0.2, -0.15) is 0 Å². The van der Waals surface area contributed by atoms with Crippen molar-refractivity contribution >= 4 is 0 Å². The van der Waals surface area contributed by atoms with E-state index in [4.69, 9.17) is 4.74 Å². The Hall–Kier alpha value is -0.120. The van der Waals surface area contributed by atoms with Crippen LogP contribution in [0, 0.1) is 5.41 Å². The number of nitrogens with one attached hydrogen (secondary N) is 1. The van der Waals surface area contributed by atoms with Crippen molar-refractivity contribution in [3.05, 3.63) is 0 Å². The van der Waals surface area contributed by atoms with Crippen LogP contribution in [0.1, 0.15) is 48.0 Å². The van der Waals surface area contributed by atoms with E-state index < -0.39 is 0 Å². The van der Waals surface area contributed by atoms with Gasteiger partial charge in [0.25, 0.3) is 0 Å². The number of nitrogens with zero attached hydrogens (tertiary/aromatic N) is 1. The summed E-state index contributed by atoms with van der Waals surface area (Å²) in [6.45, 7) is 17.7.